The van der Waals surface area contributed by atoms with Crippen molar-refractivity contribution in [3.8, 4) is 11.5 Å². The second-order valence-electron chi connectivity index (χ2n) is 3.40. The predicted octanol–water partition coefficient (Wildman–Crippen LogP) is 2.79. The van der Waals surface area contributed by atoms with Gasteiger partial charge in [0.15, 0.2) is 11.6 Å². The molecule has 0 saturated carbocycles. The van der Waals surface area contributed by atoms with Crippen molar-refractivity contribution in [2.75, 3.05) is 0 Å². The molecule has 18 heavy (non-hydrogen) atoms. The van der Waals surface area contributed by atoms with Gasteiger partial charge in [0.05, 0.1) is 11.9 Å². The van der Waals surface area contributed by atoms with E-state index in [9.17, 15) is 8.78 Å². The SMILES string of the molecule is NC(=S)c1ccc(Oc2cccc(F)c2F)cn1. The predicted molar refractivity (Wildman–Crippen MR) is 66.6 cm³/mol. The molecule has 0 bridgehead atoms. The Bertz CT molecular complexity index is 587. The van der Waals surface area contributed by atoms with Gasteiger partial charge in [0.25, 0.3) is 0 Å². The van der Waals surface area contributed by atoms with Crippen LogP contribution in [0.2, 0.25) is 0 Å². The molecule has 0 atom stereocenters. The highest BCUT2D eigenvalue weighted by Crippen LogP contribution is 2.25. The summed E-state index contributed by atoms with van der Waals surface area (Å²) in [6.07, 6.45) is 1.33. The molecule has 0 aliphatic heterocycles. The molecule has 0 saturated heterocycles. The molecule has 2 aromatic rings. The molecule has 0 aliphatic rings. The molecular formula is C12H8F2N2OS. The summed E-state index contributed by atoms with van der Waals surface area (Å²) in [4.78, 5) is 4.07. The van der Waals surface area contributed by atoms with Gasteiger partial charge in [-0.2, -0.15) is 4.39 Å². The number of pyridine rings is 1. The fraction of sp³-hybridized carbons (Fsp3) is 0. The van der Waals surface area contributed by atoms with Gasteiger partial charge >= 0.3 is 0 Å². The zero-order chi connectivity index (χ0) is 13.1. The highest BCUT2D eigenvalue weighted by molar-refractivity contribution is 7.80. The molecule has 0 fully saturated rings. The minimum absolute atomic E-state index is 0.151. The maximum atomic E-state index is 13.3. The zero-order valence-corrected chi connectivity index (χ0v) is 9.88. The lowest BCUT2D eigenvalue weighted by atomic mass is 10.3. The van der Waals surface area contributed by atoms with E-state index in [-0.39, 0.29) is 16.5 Å². The molecule has 3 nitrogen and oxygen atoms in total. The fourth-order valence-electron chi connectivity index (χ4n) is 1.28. The van der Waals surface area contributed by atoms with Crippen molar-refractivity contribution in [3.05, 3.63) is 53.9 Å². The van der Waals surface area contributed by atoms with Crippen LogP contribution in [0.5, 0.6) is 11.5 Å². The van der Waals surface area contributed by atoms with Gasteiger partial charge in [0.2, 0.25) is 5.82 Å². The molecule has 1 aromatic carbocycles. The third kappa shape index (κ3) is 2.60. The first kappa shape index (κ1) is 12.4. The number of halogens is 2. The van der Waals surface area contributed by atoms with Crippen LogP contribution < -0.4 is 10.5 Å². The van der Waals surface area contributed by atoms with Gasteiger partial charge in [-0.25, -0.2) is 9.37 Å². The summed E-state index contributed by atoms with van der Waals surface area (Å²) in [6.45, 7) is 0. The van der Waals surface area contributed by atoms with Crippen molar-refractivity contribution in [2.45, 2.75) is 0 Å². The first-order chi connectivity index (χ1) is 8.58. The van der Waals surface area contributed by atoms with Crippen LogP contribution in [0, 0.1) is 11.6 Å². The third-order valence-electron chi connectivity index (χ3n) is 2.13. The first-order valence-electron chi connectivity index (χ1n) is 4.95. The summed E-state index contributed by atoms with van der Waals surface area (Å²) in [5.74, 6) is -1.96. The Kier molecular flexibility index (Phi) is 3.47. The second kappa shape index (κ2) is 5.05. The maximum Gasteiger partial charge on any atom is 0.201 e. The third-order valence-corrected chi connectivity index (χ3v) is 2.34. The van der Waals surface area contributed by atoms with Gasteiger partial charge in [-0.1, -0.05) is 18.3 Å². The molecule has 1 aromatic heterocycles. The number of thiocarbonyl (C=S) groups is 1. The van der Waals surface area contributed by atoms with Gasteiger partial charge in [-0.3, -0.25) is 0 Å². The van der Waals surface area contributed by atoms with Crippen LogP contribution in [0.4, 0.5) is 8.78 Å². The summed E-state index contributed by atoms with van der Waals surface area (Å²) < 4.78 is 31.4. The molecule has 2 N–H and O–H groups in total. The van der Waals surface area contributed by atoms with Crippen molar-refractivity contribution >= 4 is 17.2 Å². The molecule has 0 aliphatic carbocycles. The first-order valence-corrected chi connectivity index (χ1v) is 5.36. The van der Waals surface area contributed by atoms with Crippen LogP contribution in [0.1, 0.15) is 5.69 Å². The lowest BCUT2D eigenvalue weighted by Gasteiger charge is -2.07. The largest absolute Gasteiger partial charge is 0.453 e. The highest BCUT2D eigenvalue weighted by Gasteiger charge is 2.09. The Hall–Kier alpha value is -2.08. The van der Waals surface area contributed by atoms with Crippen LogP contribution in [0.25, 0.3) is 0 Å². The number of ether oxygens (including phenoxy) is 1. The van der Waals surface area contributed by atoms with Crippen molar-refractivity contribution < 1.29 is 13.5 Å². The summed E-state index contributed by atoms with van der Waals surface area (Å²) in [5, 5.41) is 0. The zero-order valence-electron chi connectivity index (χ0n) is 9.06. The monoisotopic (exact) mass is 266 g/mol. The molecule has 0 spiro atoms. The smallest absolute Gasteiger partial charge is 0.201 e. The van der Waals surface area contributed by atoms with E-state index in [0.29, 0.717) is 5.69 Å². The summed E-state index contributed by atoms with van der Waals surface area (Å²) in [7, 11) is 0. The van der Waals surface area contributed by atoms with Crippen LogP contribution in [-0.2, 0) is 0 Å². The van der Waals surface area contributed by atoms with Gasteiger partial charge < -0.3 is 10.5 Å². The maximum absolute atomic E-state index is 13.3. The van der Waals surface area contributed by atoms with E-state index in [1.165, 1.54) is 30.5 Å². The second-order valence-corrected chi connectivity index (χ2v) is 3.84. The normalized spacial score (nSPS) is 10.1. The van der Waals surface area contributed by atoms with E-state index in [0.717, 1.165) is 6.07 Å². The molecule has 6 heteroatoms. The average Bonchev–Trinajstić information content (AvgIpc) is 2.36. The van der Waals surface area contributed by atoms with Gasteiger partial charge in [0.1, 0.15) is 10.7 Å². The molecule has 92 valence electrons. The number of nitrogens with two attached hydrogens (primary N) is 1. The fourth-order valence-corrected chi connectivity index (χ4v) is 1.40. The molecule has 0 unspecified atom stereocenters. The molecule has 0 radical (unpaired) electrons. The van der Waals surface area contributed by atoms with Crippen molar-refractivity contribution in [3.63, 3.8) is 0 Å². The number of aromatic nitrogens is 1. The van der Waals surface area contributed by atoms with Crippen LogP contribution in [0.15, 0.2) is 36.5 Å². The Morgan fingerprint density at radius 3 is 2.61 bits per heavy atom. The summed E-state index contributed by atoms with van der Waals surface area (Å²) in [5.41, 5.74) is 5.81. The number of hydrogen-bond donors (Lipinski definition) is 1. The Labute approximate surface area is 107 Å². The van der Waals surface area contributed by atoms with Crippen LogP contribution in [0.3, 0.4) is 0 Å². The van der Waals surface area contributed by atoms with E-state index < -0.39 is 11.6 Å². The van der Waals surface area contributed by atoms with E-state index in [1.807, 2.05) is 0 Å². The Balaban J connectivity index is 2.24. The summed E-state index contributed by atoms with van der Waals surface area (Å²) in [6, 6.07) is 6.74. The van der Waals surface area contributed by atoms with E-state index in [4.69, 9.17) is 22.7 Å². The topological polar surface area (TPSA) is 48.1 Å². The van der Waals surface area contributed by atoms with E-state index in [2.05, 4.69) is 4.98 Å². The molecule has 2 rings (SSSR count). The number of nitrogens with zero attached hydrogens (tertiary/aromatic N) is 1. The minimum atomic E-state index is -1.05. The lowest BCUT2D eigenvalue weighted by Crippen LogP contribution is -2.10. The molecular weight excluding hydrogens is 258 g/mol. The number of hydrogen-bond acceptors (Lipinski definition) is 3. The van der Waals surface area contributed by atoms with Gasteiger partial charge in [-0.15, -0.1) is 0 Å². The number of rotatable bonds is 3. The standard InChI is InChI=1S/C12H8F2N2OS/c13-8-2-1-3-10(11(8)14)17-7-4-5-9(12(15)18)16-6-7/h1-6H,(H2,15,18). The molecule has 0 amide bonds. The van der Waals surface area contributed by atoms with Crippen molar-refractivity contribution in [1.82, 2.24) is 4.98 Å². The average molecular weight is 266 g/mol. The molecule has 1 heterocycles. The van der Waals surface area contributed by atoms with Crippen molar-refractivity contribution in [2.24, 2.45) is 5.73 Å². The Morgan fingerprint density at radius 2 is 2.00 bits per heavy atom. The summed E-state index contributed by atoms with van der Waals surface area (Å²) >= 11 is 4.74. The van der Waals surface area contributed by atoms with E-state index in [1.54, 1.807) is 0 Å². The lowest BCUT2D eigenvalue weighted by molar-refractivity contribution is 0.415. The quantitative estimate of drug-likeness (QED) is 0.868. The number of benzene rings is 1. The minimum Gasteiger partial charge on any atom is -0.453 e. The highest BCUT2D eigenvalue weighted by atomic mass is 32.1. The van der Waals surface area contributed by atoms with E-state index >= 15 is 0 Å². The van der Waals surface area contributed by atoms with Crippen LogP contribution >= 0.6 is 12.2 Å². The van der Waals surface area contributed by atoms with Gasteiger partial charge in [0, 0.05) is 0 Å². The Morgan fingerprint density at radius 1 is 1.22 bits per heavy atom. The van der Waals surface area contributed by atoms with Crippen LogP contribution in [-0.4, -0.2) is 9.97 Å². The van der Waals surface area contributed by atoms with Gasteiger partial charge in [-0.05, 0) is 24.3 Å². The van der Waals surface area contributed by atoms with Crippen molar-refractivity contribution in [1.29, 1.82) is 0 Å².